The van der Waals surface area contributed by atoms with Gasteiger partial charge < -0.3 is 14.3 Å². The van der Waals surface area contributed by atoms with Gasteiger partial charge in [0.15, 0.2) is 0 Å². The van der Waals surface area contributed by atoms with Crippen molar-refractivity contribution in [2.75, 3.05) is 0 Å². The van der Waals surface area contributed by atoms with Crippen molar-refractivity contribution in [2.24, 2.45) is 0 Å². The van der Waals surface area contributed by atoms with E-state index in [1.807, 2.05) is 6.92 Å². The molecule has 0 fully saturated rings. The van der Waals surface area contributed by atoms with E-state index in [9.17, 15) is 9.90 Å². The monoisotopic (exact) mass is 196 g/mol. The summed E-state index contributed by atoms with van der Waals surface area (Å²) in [5, 5.41) is 9.43. The maximum absolute atomic E-state index is 10.9. The number of hydrogen-bond acceptors (Lipinski definition) is 4. The van der Waals surface area contributed by atoms with Gasteiger partial charge in [-0.3, -0.25) is 0 Å². The maximum Gasteiger partial charge on any atom is 0.339 e. The Morgan fingerprint density at radius 3 is 2.93 bits per heavy atom. The van der Waals surface area contributed by atoms with Crippen molar-refractivity contribution in [3.8, 4) is 5.75 Å². The average molecular weight is 196 g/mol. The van der Waals surface area contributed by atoms with Crippen LogP contribution >= 0.6 is 0 Å². The van der Waals surface area contributed by atoms with Gasteiger partial charge in [-0.25, -0.2) is 4.79 Å². The summed E-state index contributed by atoms with van der Waals surface area (Å²) in [7, 11) is 0. The van der Waals surface area contributed by atoms with E-state index in [0.717, 1.165) is 5.56 Å². The molecule has 0 amide bonds. The molecule has 1 unspecified atom stereocenters. The van der Waals surface area contributed by atoms with Gasteiger partial charge in [0, 0.05) is 11.5 Å². The molecule has 0 bridgehead atoms. The fourth-order valence-corrected chi connectivity index (χ4v) is 1.78. The summed E-state index contributed by atoms with van der Waals surface area (Å²) in [5.41, 5.74) is 0.415. The summed E-state index contributed by atoms with van der Waals surface area (Å²) < 4.78 is 10.2. The molecular weight excluding hydrogens is 184 g/mol. The first kappa shape index (κ1) is 9.27. The Kier molecular flexibility index (Phi) is 2.07. The van der Waals surface area contributed by atoms with E-state index in [1.165, 1.54) is 12.3 Å². The van der Waals surface area contributed by atoms with E-state index >= 15 is 0 Å². The molecule has 1 aliphatic rings. The highest BCUT2D eigenvalue weighted by molar-refractivity contribution is 5.37. The number of aliphatic hydroxyl groups excluding tert-OH is 1. The molecule has 0 saturated heterocycles. The Morgan fingerprint density at radius 1 is 1.57 bits per heavy atom. The topological polar surface area (TPSA) is 59.7 Å². The minimum absolute atomic E-state index is 0.0503. The first-order valence-corrected chi connectivity index (χ1v) is 4.57. The largest absolute Gasteiger partial charge is 0.486 e. The van der Waals surface area contributed by atoms with Gasteiger partial charge in [-0.1, -0.05) is 6.92 Å². The van der Waals surface area contributed by atoms with Crippen LogP contribution in [0.5, 0.6) is 5.75 Å². The third kappa shape index (κ3) is 1.32. The molecule has 1 N–H and O–H groups in total. The summed E-state index contributed by atoms with van der Waals surface area (Å²) in [6, 6.07) is 1.31. The fraction of sp³-hybridized carbons (Fsp3) is 0.500. The summed E-state index contributed by atoms with van der Waals surface area (Å²) in [5.74, 6) is 0.578. The minimum Gasteiger partial charge on any atom is -0.486 e. The van der Waals surface area contributed by atoms with Gasteiger partial charge in [0.2, 0.25) is 0 Å². The third-order valence-corrected chi connectivity index (χ3v) is 2.56. The SMILES string of the molecule is CC1c2coc(=O)cc2O[C@@H]1[C@@H](C)O. The van der Waals surface area contributed by atoms with Gasteiger partial charge >= 0.3 is 5.63 Å². The number of ether oxygens (including phenoxy) is 1. The van der Waals surface area contributed by atoms with Gasteiger partial charge in [0.1, 0.15) is 18.1 Å². The smallest absolute Gasteiger partial charge is 0.339 e. The molecule has 4 heteroatoms. The molecule has 0 aromatic carbocycles. The second-order valence-corrected chi connectivity index (χ2v) is 3.63. The number of aliphatic hydroxyl groups is 1. The summed E-state index contributed by atoms with van der Waals surface area (Å²) in [6.07, 6.45) is 0.555. The molecule has 4 nitrogen and oxygen atoms in total. The normalized spacial score (nSPS) is 26.8. The first-order chi connectivity index (χ1) is 6.59. The van der Waals surface area contributed by atoms with E-state index in [0.29, 0.717) is 5.75 Å². The van der Waals surface area contributed by atoms with Crippen molar-refractivity contribution in [1.82, 2.24) is 0 Å². The average Bonchev–Trinajstić information content (AvgIpc) is 2.43. The molecule has 76 valence electrons. The van der Waals surface area contributed by atoms with Gasteiger partial charge in [0.05, 0.1) is 12.2 Å². The van der Waals surface area contributed by atoms with E-state index in [-0.39, 0.29) is 12.0 Å². The maximum atomic E-state index is 10.9. The van der Waals surface area contributed by atoms with Gasteiger partial charge in [-0.15, -0.1) is 0 Å². The molecule has 1 aromatic heterocycles. The zero-order valence-electron chi connectivity index (χ0n) is 8.06. The van der Waals surface area contributed by atoms with Gasteiger partial charge in [-0.2, -0.15) is 0 Å². The Hall–Kier alpha value is -1.29. The van der Waals surface area contributed by atoms with Crippen LogP contribution in [0.1, 0.15) is 25.3 Å². The zero-order chi connectivity index (χ0) is 10.3. The van der Waals surface area contributed by atoms with Crippen LogP contribution in [-0.4, -0.2) is 17.3 Å². The second-order valence-electron chi connectivity index (χ2n) is 3.63. The zero-order valence-corrected chi connectivity index (χ0v) is 8.06. The minimum atomic E-state index is -0.562. The van der Waals surface area contributed by atoms with Crippen molar-refractivity contribution in [3.05, 3.63) is 28.3 Å². The third-order valence-electron chi connectivity index (χ3n) is 2.56. The van der Waals surface area contributed by atoms with Crippen LogP contribution in [0.15, 0.2) is 21.5 Å². The first-order valence-electron chi connectivity index (χ1n) is 4.57. The summed E-state index contributed by atoms with van der Waals surface area (Å²) >= 11 is 0. The standard InChI is InChI=1S/C10H12O4/c1-5-7-4-13-9(12)3-8(7)14-10(5)6(2)11/h3-6,10-11H,1-2H3/t5?,6-,10+/m1/s1. The van der Waals surface area contributed by atoms with Crippen molar-refractivity contribution in [2.45, 2.75) is 32.0 Å². The Bertz CT molecular complexity index is 393. The van der Waals surface area contributed by atoms with E-state index < -0.39 is 11.7 Å². The van der Waals surface area contributed by atoms with Crippen LogP contribution < -0.4 is 10.4 Å². The summed E-state index contributed by atoms with van der Waals surface area (Å²) in [4.78, 5) is 10.9. The lowest BCUT2D eigenvalue weighted by molar-refractivity contribution is 0.0512. The van der Waals surface area contributed by atoms with E-state index in [4.69, 9.17) is 9.15 Å². The summed E-state index contributed by atoms with van der Waals surface area (Å²) in [6.45, 7) is 3.60. The highest BCUT2D eigenvalue weighted by Gasteiger charge is 2.34. The molecule has 0 spiro atoms. The van der Waals surface area contributed by atoms with Crippen molar-refractivity contribution < 1.29 is 14.3 Å². The second kappa shape index (κ2) is 3.13. The van der Waals surface area contributed by atoms with Crippen molar-refractivity contribution >= 4 is 0 Å². The number of fused-ring (bicyclic) bond motifs is 1. The molecule has 0 aliphatic carbocycles. The quantitative estimate of drug-likeness (QED) is 0.724. The van der Waals surface area contributed by atoms with Crippen LogP contribution in [0, 0.1) is 0 Å². The van der Waals surface area contributed by atoms with E-state index in [1.54, 1.807) is 6.92 Å². The predicted molar refractivity (Wildman–Crippen MR) is 49.5 cm³/mol. The highest BCUT2D eigenvalue weighted by Crippen LogP contribution is 2.37. The molecular formula is C10H12O4. The predicted octanol–water partition coefficient (Wildman–Crippen LogP) is 0.885. The van der Waals surface area contributed by atoms with Gasteiger partial charge in [0.25, 0.3) is 0 Å². The Balaban J connectivity index is 2.40. The molecule has 0 radical (unpaired) electrons. The molecule has 1 aromatic rings. The van der Waals surface area contributed by atoms with Crippen LogP contribution in [0.4, 0.5) is 0 Å². The number of hydrogen-bond donors (Lipinski definition) is 1. The fourth-order valence-electron chi connectivity index (χ4n) is 1.78. The molecule has 2 heterocycles. The number of rotatable bonds is 1. The molecule has 0 saturated carbocycles. The highest BCUT2D eigenvalue weighted by atomic mass is 16.5. The Morgan fingerprint density at radius 2 is 2.29 bits per heavy atom. The lowest BCUT2D eigenvalue weighted by atomic mass is 9.97. The van der Waals surface area contributed by atoms with Crippen LogP contribution in [0.25, 0.3) is 0 Å². The van der Waals surface area contributed by atoms with Crippen molar-refractivity contribution in [3.63, 3.8) is 0 Å². The Labute approximate surface area is 81.1 Å². The molecule has 14 heavy (non-hydrogen) atoms. The van der Waals surface area contributed by atoms with E-state index in [2.05, 4.69) is 0 Å². The van der Waals surface area contributed by atoms with Gasteiger partial charge in [-0.05, 0) is 6.92 Å². The van der Waals surface area contributed by atoms with Crippen LogP contribution in [0.2, 0.25) is 0 Å². The molecule has 1 aliphatic heterocycles. The van der Waals surface area contributed by atoms with Crippen molar-refractivity contribution in [1.29, 1.82) is 0 Å². The molecule has 2 rings (SSSR count). The lowest BCUT2D eigenvalue weighted by Gasteiger charge is -2.17. The van der Waals surface area contributed by atoms with Crippen LogP contribution in [-0.2, 0) is 0 Å². The lowest BCUT2D eigenvalue weighted by Crippen LogP contribution is -2.29. The molecule has 3 atom stereocenters. The van der Waals surface area contributed by atoms with Crippen LogP contribution in [0.3, 0.4) is 0 Å².